The number of imidazole rings is 1. The van der Waals surface area contributed by atoms with Gasteiger partial charge < -0.3 is 10.7 Å². The van der Waals surface area contributed by atoms with Crippen LogP contribution in [0.2, 0.25) is 0 Å². The predicted molar refractivity (Wildman–Crippen MR) is 71.1 cm³/mol. The number of rotatable bonds is 3. The van der Waals surface area contributed by atoms with E-state index in [9.17, 15) is 0 Å². The van der Waals surface area contributed by atoms with Gasteiger partial charge in [0.1, 0.15) is 5.82 Å². The first-order valence-electron chi connectivity index (χ1n) is 4.85. The van der Waals surface area contributed by atoms with Gasteiger partial charge in [-0.05, 0) is 17.7 Å². The molecule has 1 heterocycles. The average Bonchev–Trinajstić information content (AvgIpc) is 2.70. The van der Waals surface area contributed by atoms with Crippen molar-refractivity contribution in [3.05, 3.63) is 50.9 Å². The Bertz CT molecular complexity index is 468. The highest BCUT2D eigenvalue weighted by Gasteiger charge is 2.11. The molecular weight excluding hydrogens is 334 g/mol. The van der Waals surface area contributed by atoms with Crippen molar-refractivity contribution in [3.63, 3.8) is 0 Å². The van der Waals surface area contributed by atoms with Crippen molar-refractivity contribution in [3.8, 4) is 0 Å². The number of aromatic nitrogens is 2. The molecule has 3 nitrogen and oxygen atoms in total. The highest BCUT2D eigenvalue weighted by molar-refractivity contribution is 9.11. The Kier molecular flexibility index (Phi) is 3.78. The average molecular weight is 345 g/mol. The molecule has 0 radical (unpaired) electrons. The van der Waals surface area contributed by atoms with Crippen molar-refractivity contribution in [2.75, 3.05) is 0 Å². The lowest BCUT2D eigenvalue weighted by atomic mass is 10.0. The van der Waals surface area contributed by atoms with E-state index in [1.54, 1.807) is 12.4 Å². The van der Waals surface area contributed by atoms with Crippen molar-refractivity contribution in [2.45, 2.75) is 12.5 Å². The van der Waals surface area contributed by atoms with Crippen LogP contribution < -0.4 is 5.73 Å². The molecule has 0 aliphatic heterocycles. The Morgan fingerprint density at radius 2 is 2.19 bits per heavy atom. The second kappa shape index (κ2) is 5.12. The monoisotopic (exact) mass is 343 g/mol. The largest absolute Gasteiger partial charge is 0.349 e. The highest BCUT2D eigenvalue weighted by atomic mass is 79.9. The van der Waals surface area contributed by atoms with E-state index in [2.05, 4.69) is 41.8 Å². The van der Waals surface area contributed by atoms with E-state index in [1.165, 1.54) is 0 Å². The van der Waals surface area contributed by atoms with Gasteiger partial charge in [0.05, 0.1) is 0 Å². The van der Waals surface area contributed by atoms with Crippen LogP contribution in [0, 0.1) is 0 Å². The zero-order valence-corrected chi connectivity index (χ0v) is 11.6. The number of halogens is 2. The van der Waals surface area contributed by atoms with Crippen molar-refractivity contribution in [2.24, 2.45) is 5.73 Å². The van der Waals surface area contributed by atoms with Crippen LogP contribution in [0.1, 0.15) is 17.4 Å². The fourth-order valence-corrected chi connectivity index (χ4v) is 2.87. The topological polar surface area (TPSA) is 54.7 Å². The molecule has 0 aliphatic rings. The molecule has 0 aliphatic carbocycles. The Hall–Kier alpha value is -0.650. The Morgan fingerprint density at radius 1 is 1.38 bits per heavy atom. The summed E-state index contributed by atoms with van der Waals surface area (Å²) in [6.07, 6.45) is 4.24. The van der Waals surface area contributed by atoms with Gasteiger partial charge in [0, 0.05) is 33.8 Å². The zero-order chi connectivity index (χ0) is 11.5. The molecule has 84 valence electrons. The number of aromatic amines is 1. The van der Waals surface area contributed by atoms with Crippen LogP contribution >= 0.6 is 31.9 Å². The van der Waals surface area contributed by atoms with Gasteiger partial charge in [-0.3, -0.25) is 0 Å². The molecule has 0 spiro atoms. The molecule has 0 bridgehead atoms. The van der Waals surface area contributed by atoms with Gasteiger partial charge in [-0.25, -0.2) is 4.98 Å². The van der Waals surface area contributed by atoms with Gasteiger partial charge >= 0.3 is 0 Å². The summed E-state index contributed by atoms with van der Waals surface area (Å²) in [6.45, 7) is 0. The second-order valence-electron chi connectivity index (χ2n) is 3.51. The molecule has 3 N–H and O–H groups in total. The number of benzene rings is 1. The zero-order valence-electron chi connectivity index (χ0n) is 8.45. The summed E-state index contributed by atoms with van der Waals surface area (Å²) in [6, 6.07) is 5.94. The third-order valence-electron chi connectivity index (χ3n) is 2.33. The van der Waals surface area contributed by atoms with Crippen LogP contribution in [-0.4, -0.2) is 9.97 Å². The van der Waals surface area contributed by atoms with Crippen molar-refractivity contribution in [1.29, 1.82) is 0 Å². The van der Waals surface area contributed by atoms with E-state index in [0.29, 0.717) is 6.42 Å². The van der Waals surface area contributed by atoms with Gasteiger partial charge in [0.25, 0.3) is 0 Å². The molecule has 0 amide bonds. The van der Waals surface area contributed by atoms with Gasteiger partial charge in [-0.15, -0.1) is 0 Å². The van der Waals surface area contributed by atoms with Gasteiger partial charge in [0.2, 0.25) is 0 Å². The van der Waals surface area contributed by atoms with E-state index in [4.69, 9.17) is 5.73 Å². The maximum atomic E-state index is 6.13. The normalized spacial score (nSPS) is 12.7. The van der Waals surface area contributed by atoms with Gasteiger partial charge in [-0.2, -0.15) is 0 Å². The minimum Gasteiger partial charge on any atom is -0.349 e. The third kappa shape index (κ3) is 2.72. The molecule has 0 fully saturated rings. The van der Waals surface area contributed by atoms with E-state index in [0.717, 1.165) is 20.3 Å². The highest BCUT2D eigenvalue weighted by Crippen LogP contribution is 2.27. The van der Waals surface area contributed by atoms with Crippen molar-refractivity contribution >= 4 is 31.9 Å². The Labute approximate surface area is 111 Å². The lowest BCUT2D eigenvalue weighted by Gasteiger charge is -2.12. The molecular formula is C11H11Br2N3. The summed E-state index contributed by atoms with van der Waals surface area (Å²) in [5, 5.41) is 0. The van der Waals surface area contributed by atoms with Crippen LogP contribution in [-0.2, 0) is 6.42 Å². The fourth-order valence-electron chi connectivity index (χ4n) is 1.53. The Morgan fingerprint density at radius 3 is 2.81 bits per heavy atom. The first-order valence-corrected chi connectivity index (χ1v) is 6.44. The number of nitrogens with one attached hydrogen (secondary N) is 1. The van der Waals surface area contributed by atoms with Crippen LogP contribution in [0.4, 0.5) is 0 Å². The first-order chi connectivity index (χ1) is 7.66. The molecule has 0 saturated heterocycles. The molecule has 1 aromatic carbocycles. The van der Waals surface area contributed by atoms with E-state index >= 15 is 0 Å². The quantitative estimate of drug-likeness (QED) is 0.898. The summed E-state index contributed by atoms with van der Waals surface area (Å²) < 4.78 is 2.05. The van der Waals surface area contributed by atoms with E-state index in [-0.39, 0.29) is 6.04 Å². The standard InChI is InChI=1S/C11H11Br2N3/c12-7-1-2-8(9(13)5-7)10(14)6-11-15-3-4-16-11/h1-5,10H,6,14H2,(H,15,16). The lowest BCUT2D eigenvalue weighted by Crippen LogP contribution is -2.14. The number of hydrogen-bond donors (Lipinski definition) is 2. The molecule has 5 heteroatoms. The molecule has 16 heavy (non-hydrogen) atoms. The number of nitrogens with two attached hydrogens (primary N) is 1. The SMILES string of the molecule is NC(Cc1ncc[nH]1)c1ccc(Br)cc1Br. The summed E-state index contributed by atoms with van der Waals surface area (Å²) >= 11 is 6.93. The minimum atomic E-state index is -0.0615. The van der Waals surface area contributed by atoms with Gasteiger partial charge in [-0.1, -0.05) is 37.9 Å². The number of nitrogens with zero attached hydrogens (tertiary/aromatic N) is 1. The van der Waals surface area contributed by atoms with Crippen molar-refractivity contribution in [1.82, 2.24) is 9.97 Å². The molecule has 0 saturated carbocycles. The molecule has 2 rings (SSSR count). The fraction of sp³-hybridized carbons (Fsp3) is 0.182. The first kappa shape index (κ1) is 11.8. The molecule has 1 unspecified atom stereocenters. The molecule has 1 aromatic heterocycles. The van der Waals surface area contributed by atoms with Crippen LogP contribution in [0.3, 0.4) is 0 Å². The maximum absolute atomic E-state index is 6.13. The second-order valence-corrected chi connectivity index (χ2v) is 5.28. The maximum Gasteiger partial charge on any atom is 0.107 e. The van der Waals surface area contributed by atoms with E-state index in [1.807, 2.05) is 18.2 Å². The summed E-state index contributed by atoms with van der Waals surface area (Å²) in [5.41, 5.74) is 7.21. The third-order valence-corrected chi connectivity index (χ3v) is 3.51. The summed E-state index contributed by atoms with van der Waals surface area (Å²) in [7, 11) is 0. The molecule has 1 atom stereocenters. The van der Waals surface area contributed by atoms with E-state index < -0.39 is 0 Å². The smallest absolute Gasteiger partial charge is 0.107 e. The summed E-state index contributed by atoms with van der Waals surface area (Å²) in [4.78, 5) is 7.22. The van der Waals surface area contributed by atoms with Crippen molar-refractivity contribution < 1.29 is 0 Å². The van der Waals surface area contributed by atoms with Crippen LogP contribution in [0.5, 0.6) is 0 Å². The van der Waals surface area contributed by atoms with Crippen LogP contribution in [0.15, 0.2) is 39.5 Å². The minimum absolute atomic E-state index is 0.0615. The number of H-pyrrole nitrogens is 1. The number of hydrogen-bond acceptors (Lipinski definition) is 2. The summed E-state index contributed by atoms with van der Waals surface area (Å²) in [5.74, 6) is 0.905. The molecule has 2 aromatic rings. The lowest BCUT2D eigenvalue weighted by molar-refractivity contribution is 0.691. The van der Waals surface area contributed by atoms with Gasteiger partial charge in [0.15, 0.2) is 0 Å². The predicted octanol–water partition coefficient (Wildman–Crippen LogP) is 3.18. The van der Waals surface area contributed by atoms with Crippen LogP contribution in [0.25, 0.3) is 0 Å². The Balaban J connectivity index is 2.17.